The van der Waals surface area contributed by atoms with Gasteiger partial charge in [0.1, 0.15) is 0 Å². The van der Waals surface area contributed by atoms with Crippen molar-refractivity contribution in [3.63, 3.8) is 0 Å². The summed E-state index contributed by atoms with van der Waals surface area (Å²) in [5, 5.41) is 12.6. The highest BCUT2D eigenvalue weighted by atomic mass is 35.5. The van der Waals surface area contributed by atoms with Gasteiger partial charge in [-0.3, -0.25) is 4.79 Å². The smallest absolute Gasteiger partial charge is 0.336 e. The van der Waals surface area contributed by atoms with Crippen LogP contribution >= 0.6 is 11.6 Å². The number of methoxy groups -OCH3 is 1. The van der Waals surface area contributed by atoms with Crippen LogP contribution in [0.1, 0.15) is 21.5 Å². The van der Waals surface area contributed by atoms with E-state index in [4.69, 9.17) is 26.8 Å². The molecular formula is C18H19ClN2O5. The van der Waals surface area contributed by atoms with Crippen molar-refractivity contribution in [1.82, 2.24) is 0 Å². The fourth-order valence-electron chi connectivity index (χ4n) is 2.41. The number of anilines is 1. The Morgan fingerprint density at radius 2 is 2.04 bits per heavy atom. The Hall–Kier alpha value is -2.93. The van der Waals surface area contributed by atoms with Crippen molar-refractivity contribution in [3.8, 4) is 11.5 Å². The first-order valence-corrected chi connectivity index (χ1v) is 8.05. The van der Waals surface area contributed by atoms with Crippen LogP contribution in [0.3, 0.4) is 0 Å². The van der Waals surface area contributed by atoms with Crippen LogP contribution in [0.2, 0.25) is 5.02 Å². The molecule has 0 unspecified atom stereocenters. The molecule has 0 bridgehead atoms. The molecule has 1 amide bonds. The Kier molecular flexibility index (Phi) is 6.30. The number of carbonyl (C=O) groups excluding carboxylic acids is 1. The summed E-state index contributed by atoms with van der Waals surface area (Å²) < 4.78 is 10.5. The summed E-state index contributed by atoms with van der Waals surface area (Å²) in [5.41, 5.74) is 7.44. The molecule has 0 saturated heterocycles. The van der Waals surface area contributed by atoms with Crippen molar-refractivity contribution in [2.75, 3.05) is 19.0 Å². The number of aromatic carboxylic acids is 1. The second-order valence-electron chi connectivity index (χ2n) is 5.50. The highest BCUT2D eigenvalue weighted by Gasteiger charge is 2.14. The third-order valence-corrected chi connectivity index (χ3v) is 3.98. The summed E-state index contributed by atoms with van der Waals surface area (Å²) in [5.74, 6) is -0.998. The molecule has 7 nitrogen and oxygen atoms in total. The molecule has 8 heteroatoms. The number of halogens is 1. The summed E-state index contributed by atoms with van der Waals surface area (Å²) >= 11 is 6.21. The van der Waals surface area contributed by atoms with E-state index in [1.54, 1.807) is 37.3 Å². The van der Waals surface area contributed by atoms with Gasteiger partial charge in [-0.15, -0.1) is 0 Å². The van der Waals surface area contributed by atoms with E-state index in [2.05, 4.69) is 5.32 Å². The molecule has 0 aliphatic rings. The summed E-state index contributed by atoms with van der Waals surface area (Å²) in [6.45, 7) is 1.81. The lowest BCUT2D eigenvalue weighted by atomic mass is 10.1. The van der Waals surface area contributed by atoms with Crippen LogP contribution in [0.25, 0.3) is 0 Å². The van der Waals surface area contributed by atoms with Crippen LogP contribution in [0, 0.1) is 6.92 Å². The Morgan fingerprint density at radius 1 is 1.31 bits per heavy atom. The van der Waals surface area contributed by atoms with Gasteiger partial charge in [0.15, 0.2) is 18.1 Å². The average molecular weight is 379 g/mol. The molecule has 0 fully saturated rings. The summed E-state index contributed by atoms with van der Waals surface area (Å²) in [6, 6.07) is 8.40. The molecule has 26 heavy (non-hydrogen) atoms. The molecule has 4 N–H and O–H groups in total. The molecule has 0 aromatic heterocycles. The normalized spacial score (nSPS) is 10.3. The van der Waals surface area contributed by atoms with E-state index in [0.717, 1.165) is 5.56 Å². The number of hydrogen-bond donors (Lipinski definition) is 3. The summed E-state index contributed by atoms with van der Waals surface area (Å²) in [6.07, 6.45) is 0. The molecule has 2 rings (SSSR count). The van der Waals surface area contributed by atoms with Crippen LogP contribution in [0.5, 0.6) is 11.5 Å². The molecule has 0 spiro atoms. The average Bonchev–Trinajstić information content (AvgIpc) is 2.58. The van der Waals surface area contributed by atoms with Gasteiger partial charge >= 0.3 is 5.97 Å². The zero-order valence-corrected chi connectivity index (χ0v) is 15.1. The van der Waals surface area contributed by atoms with Crippen LogP contribution in [0.15, 0.2) is 30.3 Å². The Morgan fingerprint density at radius 3 is 2.65 bits per heavy atom. The minimum Gasteiger partial charge on any atom is -0.493 e. The van der Waals surface area contributed by atoms with Gasteiger partial charge < -0.3 is 25.6 Å². The minimum atomic E-state index is -0.980. The number of rotatable bonds is 8. The molecule has 0 aliphatic carbocycles. The second-order valence-corrected chi connectivity index (χ2v) is 5.91. The van der Waals surface area contributed by atoms with Crippen molar-refractivity contribution in [2.24, 2.45) is 5.73 Å². The fraction of sp³-hybridized carbons (Fsp3) is 0.222. The fourth-order valence-corrected chi connectivity index (χ4v) is 2.70. The van der Waals surface area contributed by atoms with E-state index in [1.165, 1.54) is 7.11 Å². The number of carbonyl (C=O) groups is 2. The molecule has 0 atom stereocenters. The number of amides is 1. The number of carboxylic acids is 1. The lowest BCUT2D eigenvalue weighted by molar-refractivity contribution is -0.119. The topological polar surface area (TPSA) is 111 Å². The largest absolute Gasteiger partial charge is 0.493 e. The van der Waals surface area contributed by atoms with Gasteiger partial charge in [-0.1, -0.05) is 17.7 Å². The molecular weight excluding hydrogens is 360 g/mol. The van der Waals surface area contributed by atoms with E-state index in [9.17, 15) is 14.7 Å². The third kappa shape index (κ3) is 4.58. The van der Waals surface area contributed by atoms with Crippen molar-refractivity contribution < 1.29 is 24.2 Å². The predicted octanol–water partition coefficient (Wildman–Crippen LogP) is 2.83. The van der Waals surface area contributed by atoms with Gasteiger partial charge in [0.2, 0.25) is 0 Å². The van der Waals surface area contributed by atoms with Crippen molar-refractivity contribution >= 4 is 29.2 Å². The minimum absolute atomic E-state index is 0.237. The van der Waals surface area contributed by atoms with Crippen LogP contribution in [0.4, 0.5) is 5.69 Å². The lowest BCUT2D eigenvalue weighted by Gasteiger charge is -2.15. The van der Waals surface area contributed by atoms with Gasteiger partial charge in [0.25, 0.3) is 5.91 Å². The second kappa shape index (κ2) is 8.44. The van der Waals surface area contributed by atoms with Crippen LogP contribution in [-0.4, -0.2) is 30.7 Å². The number of ether oxygens (including phenoxy) is 2. The van der Waals surface area contributed by atoms with Crippen molar-refractivity contribution in [2.45, 2.75) is 13.5 Å². The number of carboxylic acid groups (broad SMARTS) is 1. The molecule has 0 heterocycles. The number of hydrogen-bond acceptors (Lipinski definition) is 5. The summed E-state index contributed by atoms with van der Waals surface area (Å²) in [4.78, 5) is 22.1. The van der Waals surface area contributed by atoms with E-state index in [1.807, 2.05) is 0 Å². The van der Waals surface area contributed by atoms with Gasteiger partial charge in [-0.25, -0.2) is 4.79 Å². The number of nitrogens with two attached hydrogens (primary N) is 1. The quantitative estimate of drug-likeness (QED) is 0.651. The maximum atomic E-state index is 11.2. The first-order valence-electron chi connectivity index (χ1n) is 7.67. The van der Waals surface area contributed by atoms with Crippen LogP contribution in [-0.2, 0) is 11.3 Å². The number of primary amides is 1. The van der Waals surface area contributed by atoms with Gasteiger partial charge in [0, 0.05) is 12.2 Å². The third-order valence-electron chi connectivity index (χ3n) is 3.70. The van der Waals surface area contributed by atoms with Crippen molar-refractivity contribution in [3.05, 3.63) is 52.0 Å². The SMILES string of the molecule is COc1cc(CNc2cccc(C(=O)O)c2C)cc(Cl)c1OCC(N)=O. The maximum absolute atomic E-state index is 11.2. The summed E-state index contributed by atoms with van der Waals surface area (Å²) in [7, 11) is 1.46. The van der Waals surface area contributed by atoms with E-state index < -0.39 is 11.9 Å². The standard InChI is InChI=1S/C18H19ClN2O5/c1-10-12(18(23)24)4-3-5-14(10)21-8-11-6-13(19)17(15(7-11)25-2)26-9-16(20)22/h3-7,21H,8-9H2,1-2H3,(H2,20,22)(H,23,24). The van der Waals surface area contributed by atoms with Gasteiger partial charge in [-0.2, -0.15) is 0 Å². The van der Waals surface area contributed by atoms with Crippen molar-refractivity contribution in [1.29, 1.82) is 0 Å². The lowest BCUT2D eigenvalue weighted by Crippen LogP contribution is -2.20. The highest BCUT2D eigenvalue weighted by Crippen LogP contribution is 2.36. The van der Waals surface area contributed by atoms with E-state index in [0.29, 0.717) is 23.5 Å². The molecule has 0 radical (unpaired) electrons. The van der Waals surface area contributed by atoms with Crippen LogP contribution < -0.4 is 20.5 Å². The predicted molar refractivity (Wildman–Crippen MR) is 98.2 cm³/mol. The van der Waals surface area contributed by atoms with E-state index in [-0.39, 0.29) is 22.9 Å². The molecule has 0 aliphatic heterocycles. The monoisotopic (exact) mass is 378 g/mol. The first-order chi connectivity index (χ1) is 12.3. The zero-order valence-electron chi connectivity index (χ0n) is 14.3. The van der Waals surface area contributed by atoms with E-state index >= 15 is 0 Å². The van der Waals surface area contributed by atoms with Gasteiger partial charge in [0.05, 0.1) is 17.7 Å². The molecule has 0 saturated carbocycles. The number of benzene rings is 2. The Bertz CT molecular complexity index is 839. The van der Waals surface area contributed by atoms with Gasteiger partial charge in [-0.05, 0) is 42.3 Å². The molecule has 138 valence electrons. The maximum Gasteiger partial charge on any atom is 0.336 e. The first kappa shape index (κ1) is 19.4. The Balaban J connectivity index is 2.20. The zero-order chi connectivity index (χ0) is 19.3. The molecule has 2 aromatic rings. The highest BCUT2D eigenvalue weighted by molar-refractivity contribution is 6.32. The number of nitrogens with one attached hydrogen (secondary N) is 1. The molecule has 2 aromatic carbocycles. The Labute approximate surface area is 155 Å².